The van der Waals surface area contributed by atoms with Crippen molar-refractivity contribution in [2.45, 2.75) is 32.7 Å². The SMILES string of the molecule is CCCNC(Cc1ccccc1[N+](=O)[O-])c1cscc1C. The van der Waals surface area contributed by atoms with Gasteiger partial charge in [-0.15, -0.1) is 0 Å². The Balaban J connectivity index is 2.27. The molecule has 0 saturated carbocycles. The normalized spacial score (nSPS) is 12.3. The van der Waals surface area contributed by atoms with E-state index in [1.807, 2.05) is 12.1 Å². The highest BCUT2D eigenvalue weighted by molar-refractivity contribution is 7.08. The highest BCUT2D eigenvalue weighted by Crippen LogP contribution is 2.28. The lowest BCUT2D eigenvalue weighted by molar-refractivity contribution is -0.385. The van der Waals surface area contributed by atoms with E-state index in [1.165, 1.54) is 11.1 Å². The quantitative estimate of drug-likeness (QED) is 0.614. The average Bonchev–Trinajstić information content (AvgIpc) is 2.90. The third kappa shape index (κ3) is 3.89. The van der Waals surface area contributed by atoms with Gasteiger partial charge in [0.25, 0.3) is 5.69 Å². The molecule has 0 fully saturated rings. The van der Waals surface area contributed by atoms with E-state index in [0.717, 1.165) is 18.5 Å². The number of nitrogens with one attached hydrogen (secondary N) is 1. The first-order chi connectivity index (χ1) is 10.1. The fraction of sp³-hybridized carbons (Fsp3) is 0.375. The summed E-state index contributed by atoms with van der Waals surface area (Å²) in [6, 6.07) is 7.12. The van der Waals surface area contributed by atoms with Crippen LogP contribution >= 0.6 is 11.3 Å². The third-order valence-corrected chi connectivity index (χ3v) is 4.40. The molecule has 0 radical (unpaired) electrons. The van der Waals surface area contributed by atoms with Gasteiger partial charge in [-0.3, -0.25) is 10.1 Å². The molecule has 0 bridgehead atoms. The van der Waals surface area contributed by atoms with Crippen molar-refractivity contribution in [1.29, 1.82) is 0 Å². The number of hydrogen-bond donors (Lipinski definition) is 1. The van der Waals surface area contributed by atoms with Gasteiger partial charge in [-0.2, -0.15) is 11.3 Å². The van der Waals surface area contributed by atoms with Crippen LogP contribution in [0.1, 0.15) is 36.1 Å². The summed E-state index contributed by atoms with van der Waals surface area (Å²) in [6.07, 6.45) is 1.67. The number of benzene rings is 1. The second-order valence-electron chi connectivity index (χ2n) is 5.11. The van der Waals surface area contributed by atoms with Crippen LogP contribution < -0.4 is 5.32 Å². The predicted molar refractivity (Wildman–Crippen MR) is 86.9 cm³/mol. The van der Waals surface area contributed by atoms with E-state index in [-0.39, 0.29) is 16.7 Å². The molecule has 4 nitrogen and oxygen atoms in total. The zero-order chi connectivity index (χ0) is 15.2. The maximum atomic E-state index is 11.2. The van der Waals surface area contributed by atoms with Crippen LogP contribution in [0.2, 0.25) is 0 Å². The van der Waals surface area contributed by atoms with Crippen molar-refractivity contribution in [2.75, 3.05) is 6.54 Å². The summed E-state index contributed by atoms with van der Waals surface area (Å²) in [4.78, 5) is 10.9. The number of aryl methyl sites for hydroxylation is 1. The number of nitrogens with zero attached hydrogens (tertiary/aromatic N) is 1. The van der Waals surface area contributed by atoms with Crippen molar-refractivity contribution in [3.63, 3.8) is 0 Å². The van der Waals surface area contributed by atoms with Crippen LogP contribution in [-0.4, -0.2) is 11.5 Å². The summed E-state index contributed by atoms with van der Waals surface area (Å²) in [7, 11) is 0. The first kappa shape index (κ1) is 15.7. The number of hydrogen-bond acceptors (Lipinski definition) is 4. The van der Waals surface area contributed by atoms with Gasteiger partial charge in [-0.05, 0) is 48.2 Å². The summed E-state index contributed by atoms with van der Waals surface area (Å²) < 4.78 is 0. The number of thiophene rings is 1. The van der Waals surface area contributed by atoms with Crippen LogP contribution in [0.15, 0.2) is 35.0 Å². The molecule has 5 heteroatoms. The Kier molecular flexibility index (Phi) is 5.47. The van der Waals surface area contributed by atoms with Crippen molar-refractivity contribution in [3.8, 4) is 0 Å². The molecule has 0 aliphatic heterocycles. The fourth-order valence-corrected chi connectivity index (χ4v) is 3.32. The molecular weight excluding hydrogens is 284 g/mol. The minimum absolute atomic E-state index is 0.122. The fourth-order valence-electron chi connectivity index (χ4n) is 2.42. The van der Waals surface area contributed by atoms with Gasteiger partial charge in [-0.1, -0.05) is 25.1 Å². The van der Waals surface area contributed by atoms with Crippen LogP contribution in [-0.2, 0) is 6.42 Å². The molecule has 2 aromatic rings. The smallest absolute Gasteiger partial charge is 0.272 e. The largest absolute Gasteiger partial charge is 0.310 e. The van der Waals surface area contributed by atoms with Gasteiger partial charge in [0.05, 0.1) is 4.92 Å². The maximum Gasteiger partial charge on any atom is 0.272 e. The first-order valence-corrected chi connectivity index (χ1v) is 8.06. The molecule has 0 aliphatic rings. The molecule has 0 amide bonds. The monoisotopic (exact) mass is 304 g/mol. The van der Waals surface area contributed by atoms with Crippen molar-refractivity contribution >= 4 is 17.0 Å². The maximum absolute atomic E-state index is 11.2. The molecule has 1 aromatic carbocycles. The second kappa shape index (κ2) is 7.33. The molecule has 2 rings (SSSR count). The zero-order valence-electron chi connectivity index (χ0n) is 12.3. The molecule has 112 valence electrons. The van der Waals surface area contributed by atoms with Crippen LogP contribution in [0.25, 0.3) is 0 Å². The van der Waals surface area contributed by atoms with E-state index in [4.69, 9.17) is 0 Å². The van der Waals surface area contributed by atoms with Gasteiger partial charge >= 0.3 is 0 Å². The van der Waals surface area contributed by atoms with Crippen LogP contribution in [0.4, 0.5) is 5.69 Å². The highest BCUT2D eigenvalue weighted by atomic mass is 32.1. The molecular formula is C16H20N2O2S. The Morgan fingerprint density at radius 2 is 2.10 bits per heavy atom. The average molecular weight is 304 g/mol. The van der Waals surface area contributed by atoms with Gasteiger partial charge in [-0.25, -0.2) is 0 Å². The number of rotatable bonds is 7. The van der Waals surface area contributed by atoms with Gasteiger partial charge in [0, 0.05) is 17.7 Å². The summed E-state index contributed by atoms with van der Waals surface area (Å²) in [5.41, 5.74) is 3.47. The molecule has 1 heterocycles. The van der Waals surface area contributed by atoms with Crippen LogP contribution in [0.3, 0.4) is 0 Å². The van der Waals surface area contributed by atoms with E-state index < -0.39 is 0 Å². The molecule has 1 atom stereocenters. The van der Waals surface area contributed by atoms with Crippen molar-refractivity contribution in [1.82, 2.24) is 5.32 Å². The van der Waals surface area contributed by atoms with Gasteiger partial charge in [0.2, 0.25) is 0 Å². The zero-order valence-corrected chi connectivity index (χ0v) is 13.2. The molecule has 21 heavy (non-hydrogen) atoms. The van der Waals surface area contributed by atoms with Crippen LogP contribution in [0, 0.1) is 17.0 Å². The van der Waals surface area contributed by atoms with E-state index in [0.29, 0.717) is 6.42 Å². The molecule has 1 N–H and O–H groups in total. The standard InChI is InChI=1S/C16H20N2O2S/c1-3-8-17-15(14-11-21-10-12(14)2)9-13-6-4-5-7-16(13)18(19)20/h4-7,10-11,15,17H,3,8-9H2,1-2H3. The lowest BCUT2D eigenvalue weighted by Crippen LogP contribution is -2.24. The number of para-hydroxylation sites is 1. The molecule has 0 saturated heterocycles. The predicted octanol–water partition coefficient (Wildman–Crippen LogP) is 4.25. The lowest BCUT2D eigenvalue weighted by atomic mass is 9.97. The van der Waals surface area contributed by atoms with E-state index >= 15 is 0 Å². The van der Waals surface area contributed by atoms with E-state index in [1.54, 1.807) is 23.5 Å². The lowest BCUT2D eigenvalue weighted by Gasteiger charge is -2.19. The molecule has 1 aromatic heterocycles. The Labute approximate surface area is 129 Å². The second-order valence-corrected chi connectivity index (χ2v) is 5.85. The van der Waals surface area contributed by atoms with Crippen molar-refractivity contribution < 1.29 is 4.92 Å². The number of nitro groups is 1. The van der Waals surface area contributed by atoms with Gasteiger partial charge in [0.15, 0.2) is 0 Å². The molecule has 1 unspecified atom stereocenters. The highest BCUT2D eigenvalue weighted by Gasteiger charge is 2.20. The Bertz CT molecular complexity index is 610. The summed E-state index contributed by atoms with van der Waals surface area (Å²) in [6.45, 7) is 5.11. The Morgan fingerprint density at radius 3 is 2.71 bits per heavy atom. The van der Waals surface area contributed by atoms with Crippen molar-refractivity contribution in [3.05, 3.63) is 61.8 Å². The topological polar surface area (TPSA) is 55.2 Å². The van der Waals surface area contributed by atoms with Gasteiger partial charge in [0.1, 0.15) is 0 Å². The van der Waals surface area contributed by atoms with Gasteiger partial charge < -0.3 is 5.32 Å². The van der Waals surface area contributed by atoms with E-state index in [2.05, 4.69) is 29.9 Å². The van der Waals surface area contributed by atoms with Crippen molar-refractivity contribution in [2.24, 2.45) is 0 Å². The summed E-state index contributed by atoms with van der Waals surface area (Å²) in [5, 5.41) is 18.9. The van der Waals surface area contributed by atoms with Crippen LogP contribution in [0.5, 0.6) is 0 Å². The third-order valence-electron chi connectivity index (χ3n) is 3.52. The summed E-state index contributed by atoms with van der Waals surface area (Å²) in [5.74, 6) is 0. The number of nitro benzene ring substituents is 1. The first-order valence-electron chi connectivity index (χ1n) is 7.11. The minimum Gasteiger partial charge on any atom is -0.310 e. The Hall–Kier alpha value is -1.72. The molecule has 0 spiro atoms. The molecule has 0 aliphatic carbocycles. The summed E-state index contributed by atoms with van der Waals surface area (Å²) >= 11 is 1.68. The van der Waals surface area contributed by atoms with E-state index in [9.17, 15) is 10.1 Å². The minimum atomic E-state index is -0.299. The Morgan fingerprint density at radius 1 is 1.33 bits per heavy atom.